The van der Waals surface area contributed by atoms with Crippen molar-refractivity contribution in [2.75, 3.05) is 7.11 Å². The summed E-state index contributed by atoms with van der Waals surface area (Å²) in [7, 11) is 1.66. The van der Waals surface area contributed by atoms with Crippen molar-refractivity contribution in [1.29, 1.82) is 0 Å². The van der Waals surface area contributed by atoms with Gasteiger partial charge in [-0.25, -0.2) is 0 Å². The lowest BCUT2D eigenvalue weighted by Gasteiger charge is -2.11. The van der Waals surface area contributed by atoms with Crippen molar-refractivity contribution in [2.24, 2.45) is 5.73 Å². The highest BCUT2D eigenvalue weighted by Crippen LogP contribution is 1.89. The van der Waals surface area contributed by atoms with Gasteiger partial charge in [-0.3, -0.25) is 0 Å². The van der Waals surface area contributed by atoms with Gasteiger partial charge in [-0.2, -0.15) is 0 Å². The lowest BCUT2D eigenvalue weighted by atomic mass is 10.2. The number of ether oxygens (including phenoxy) is 1. The summed E-state index contributed by atoms with van der Waals surface area (Å²) in [5.41, 5.74) is 5.42. The van der Waals surface area contributed by atoms with Crippen molar-refractivity contribution in [3.63, 3.8) is 0 Å². The molecule has 0 saturated carbocycles. The second-order valence-corrected chi connectivity index (χ2v) is 1.80. The maximum absolute atomic E-state index is 5.42. The molecule has 0 heterocycles. The highest BCUT2D eigenvalue weighted by Gasteiger charge is 2.02. The fraction of sp³-hybridized carbons (Fsp3) is 1.00. The van der Waals surface area contributed by atoms with Crippen molar-refractivity contribution < 1.29 is 4.74 Å². The molecule has 0 aliphatic heterocycles. The third-order valence-corrected chi connectivity index (χ3v) is 1.11. The summed E-state index contributed by atoms with van der Waals surface area (Å²) in [6.07, 6.45) is 0.181. The largest absolute Gasteiger partial charge is 0.380 e. The van der Waals surface area contributed by atoms with E-state index in [1.165, 1.54) is 0 Å². The Morgan fingerprint density at radius 2 is 1.86 bits per heavy atom. The van der Waals surface area contributed by atoms with Crippen molar-refractivity contribution in [1.82, 2.24) is 0 Å². The van der Waals surface area contributed by atoms with Crippen LogP contribution in [0.4, 0.5) is 0 Å². The quantitative estimate of drug-likeness (QED) is 0.548. The molecule has 0 fully saturated rings. The average molecular weight is 103 g/mol. The van der Waals surface area contributed by atoms with Gasteiger partial charge >= 0.3 is 0 Å². The predicted octanol–water partition coefficient (Wildman–Crippen LogP) is 0.368. The third-order valence-electron chi connectivity index (χ3n) is 1.11. The fourth-order valence-electron chi connectivity index (χ4n) is 0.215. The lowest BCUT2D eigenvalue weighted by molar-refractivity contribution is 0.101. The smallest absolute Gasteiger partial charge is 0.0691 e. The first-order valence-electron chi connectivity index (χ1n) is 2.47. The Morgan fingerprint density at radius 1 is 1.43 bits per heavy atom. The van der Waals surface area contributed by atoms with E-state index < -0.39 is 0 Å². The molecule has 44 valence electrons. The summed E-state index contributed by atoms with van der Waals surface area (Å²) < 4.78 is 4.89. The molecule has 2 atom stereocenters. The molecule has 0 aromatic heterocycles. The molecule has 2 heteroatoms. The summed E-state index contributed by atoms with van der Waals surface area (Å²) >= 11 is 0. The van der Waals surface area contributed by atoms with Crippen LogP contribution in [0.1, 0.15) is 13.8 Å². The van der Waals surface area contributed by atoms with E-state index in [0.29, 0.717) is 0 Å². The molecule has 0 aromatic rings. The number of rotatable bonds is 2. The number of methoxy groups -OCH3 is 1. The van der Waals surface area contributed by atoms with Gasteiger partial charge < -0.3 is 10.5 Å². The normalized spacial score (nSPS) is 18.9. The Hall–Kier alpha value is -0.0800. The van der Waals surface area contributed by atoms with Crippen LogP contribution in [0.3, 0.4) is 0 Å². The molecule has 2 nitrogen and oxygen atoms in total. The Morgan fingerprint density at radius 3 is 1.86 bits per heavy atom. The zero-order chi connectivity index (χ0) is 5.86. The molecule has 0 aromatic carbocycles. The molecule has 7 heavy (non-hydrogen) atoms. The van der Waals surface area contributed by atoms with Gasteiger partial charge in [0.05, 0.1) is 6.10 Å². The van der Waals surface area contributed by atoms with E-state index in [9.17, 15) is 0 Å². The second-order valence-electron chi connectivity index (χ2n) is 1.80. The van der Waals surface area contributed by atoms with E-state index in [1.54, 1.807) is 7.11 Å². The molecule has 0 amide bonds. The molecule has 2 N–H and O–H groups in total. The second kappa shape index (κ2) is 2.99. The summed E-state index contributed by atoms with van der Waals surface area (Å²) in [6, 6.07) is 0.144. The van der Waals surface area contributed by atoms with E-state index in [-0.39, 0.29) is 12.1 Å². The SMILES string of the molecule is CO[C@@H](C)[C@H](C)N. The fourth-order valence-corrected chi connectivity index (χ4v) is 0.215. The minimum absolute atomic E-state index is 0.144. The Kier molecular flexibility index (Phi) is 2.96. The highest BCUT2D eigenvalue weighted by atomic mass is 16.5. The maximum Gasteiger partial charge on any atom is 0.0691 e. The van der Waals surface area contributed by atoms with Crippen LogP contribution in [-0.2, 0) is 4.74 Å². The zero-order valence-corrected chi connectivity index (χ0v) is 5.14. The Bertz CT molecular complexity index is 45.3. The first-order chi connectivity index (χ1) is 3.18. The average Bonchev–Trinajstić information content (AvgIpc) is 1.65. The van der Waals surface area contributed by atoms with Crippen molar-refractivity contribution in [3.8, 4) is 0 Å². The molecule has 0 aliphatic rings. The topological polar surface area (TPSA) is 35.2 Å². The van der Waals surface area contributed by atoms with Gasteiger partial charge in [0.2, 0.25) is 0 Å². The van der Waals surface area contributed by atoms with Crippen LogP contribution in [0, 0.1) is 0 Å². The number of hydrogen-bond donors (Lipinski definition) is 1. The standard InChI is InChI=1S/C5H13NO/c1-4(6)5(2)7-3/h4-5H,6H2,1-3H3/t4-,5-/m0/s1. The Labute approximate surface area is 44.7 Å². The third kappa shape index (κ3) is 2.60. The van der Waals surface area contributed by atoms with Crippen LogP contribution in [0.15, 0.2) is 0 Å². The van der Waals surface area contributed by atoms with Gasteiger partial charge in [0.1, 0.15) is 0 Å². The van der Waals surface area contributed by atoms with E-state index >= 15 is 0 Å². The van der Waals surface area contributed by atoms with Gasteiger partial charge in [-0.05, 0) is 13.8 Å². The predicted molar refractivity (Wildman–Crippen MR) is 30.1 cm³/mol. The first-order valence-corrected chi connectivity index (χ1v) is 2.47. The van der Waals surface area contributed by atoms with Crippen molar-refractivity contribution in [3.05, 3.63) is 0 Å². The molecule has 0 spiro atoms. The molecular formula is C5H13NO. The minimum Gasteiger partial charge on any atom is -0.380 e. The first kappa shape index (κ1) is 6.92. The molecule has 0 aliphatic carbocycles. The van der Waals surface area contributed by atoms with E-state index in [2.05, 4.69) is 0 Å². The Balaban J connectivity index is 3.14. The van der Waals surface area contributed by atoms with Crippen LogP contribution in [0.5, 0.6) is 0 Å². The van der Waals surface area contributed by atoms with E-state index in [0.717, 1.165) is 0 Å². The zero-order valence-electron chi connectivity index (χ0n) is 5.14. The van der Waals surface area contributed by atoms with Crippen LogP contribution < -0.4 is 5.73 Å². The van der Waals surface area contributed by atoms with Crippen molar-refractivity contribution in [2.45, 2.75) is 26.0 Å². The van der Waals surface area contributed by atoms with Gasteiger partial charge in [0, 0.05) is 13.2 Å². The van der Waals surface area contributed by atoms with Crippen LogP contribution >= 0.6 is 0 Å². The van der Waals surface area contributed by atoms with Gasteiger partial charge in [-0.15, -0.1) is 0 Å². The maximum atomic E-state index is 5.42. The highest BCUT2D eigenvalue weighted by molar-refractivity contribution is 4.60. The summed E-state index contributed by atoms with van der Waals surface area (Å²) in [6.45, 7) is 3.87. The number of nitrogens with two attached hydrogens (primary N) is 1. The molecule has 0 radical (unpaired) electrons. The summed E-state index contributed by atoms with van der Waals surface area (Å²) in [5, 5.41) is 0. The van der Waals surface area contributed by atoms with E-state index in [1.807, 2.05) is 13.8 Å². The minimum atomic E-state index is 0.144. The van der Waals surface area contributed by atoms with Crippen LogP contribution in [-0.4, -0.2) is 19.3 Å². The lowest BCUT2D eigenvalue weighted by Crippen LogP contribution is -2.30. The molecular weight excluding hydrogens is 90.1 g/mol. The summed E-state index contributed by atoms with van der Waals surface area (Å²) in [5.74, 6) is 0. The molecule has 0 bridgehead atoms. The number of hydrogen-bond acceptors (Lipinski definition) is 2. The molecule has 0 rings (SSSR count). The van der Waals surface area contributed by atoms with Crippen LogP contribution in [0.25, 0.3) is 0 Å². The van der Waals surface area contributed by atoms with Gasteiger partial charge in [-0.1, -0.05) is 0 Å². The van der Waals surface area contributed by atoms with Gasteiger partial charge in [0.25, 0.3) is 0 Å². The molecule has 0 unspecified atom stereocenters. The van der Waals surface area contributed by atoms with E-state index in [4.69, 9.17) is 10.5 Å². The van der Waals surface area contributed by atoms with Gasteiger partial charge in [0.15, 0.2) is 0 Å². The van der Waals surface area contributed by atoms with Crippen LogP contribution in [0.2, 0.25) is 0 Å². The van der Waals surface area contributed by atoms with Crippen molar-refractivity contribution >= 4 is 0 Å². The molecule has 0 saturated heterocycles. The summed E-state index contributed by atoms with van der Waals surface area (Å²) in [4.78, 5) is 0. The monoisotopic (exact) mass is 103 g/mol.